The number of rotatable bonds is 6. The molecule has 1 amide bonds. The van der Waals surface area contributed by atoms with Gasteiger partial charge in [0.25, 0.3) is 0 Å². The third-order valence-corrected chi connectivity index (χ3v) is 6.09. The maximum absolute atomic E-state index is 12.7. The smallest absolute Gasteiger partial charge is 0.231 e. The fourth-order valence-electron chi connectivity index (χ4n) is 3.52. The molecule has 0 bridgehead atoms. The van der Waals surface area contributed by atoms with Gasteiger partial charge in [-0.15, -0.1) is 10.2 Å². The van der Waals surface area contributed by atoms with Crippen LogP contribution in [0.2, 0.25) is 0 Å². The summed E-state index contributed by atoms with van der Waals surface area (Å²) >= 11 is 1.40. The Labute approximate surface area is 167 Å². The molecule has 2 aromatic rings. The Bertz CT molecular complexity index is 907. The topological polar surface area (TPSA) is 80.6 Å². The first-order valence-corrected chi connectivity index (χ1v) is 10.4. The number of hydrogen-bond acceptors (Lipinski definition) is 7. The summed E-state index contributed by atoms with van der Waals surface area (Å²) in [4.78, 5) is 28.3. The molecule has 0 N–H and O–H groups in total. The minimum Gasteiger partial charge on any atom is -0.378 e. The van der Waals surface area contributed by atoms with Gasteiger partial charge >= 0.3 is 0 Å². The summed E-state index contributed by atoms with van der Waals surface area (Å²) in [6.45, 7) is 5.76. The molecule has 0 aliphatic carbocycles. The molecule has 1 aromatic carbocycles. The molecule has 9 heteroatoms. The number of likely N-dealkylation sites (N-methyl/N-ethyl adjacent to an activating group) is 1. The molecule has 4 rings (SSSR count). The molecule has 3 heterocycles. The first-order chi connectivity index (χ1) is 13.6. The van der Waals surface area contributed by atoms with Crippen LogP contribution in [-0.2, 0) is 22.5 Å². The van der Waals surface area contributed by atoms with Crippen molar-refractivity contribution >= 4 is 35.1 Å². The van der Waals surface area contributed by atoms with E-state index in [1.165, 1.54) is 11.8 Å². The maximum Gasteiger partial charge on any atom is 0.231 e. The van der Waals surface area contributed by atoms with E-state index in [2.05, 4.69) is 15.1 Å². The normalized spacial score (nSPS) is 16.6. The Hall–Kier alpha value is -2.39. The van der Waals surface area contributed by atoms with Crippen molar-refractivity contribution in [2.45, 2.75) is 25.0 Å². The van der Waals surface area contributed by atoms with E-state index in [1.807, 2.05) is 23.6 Å². The Morgan fingerprint density at radius 3 is 2.79 bits per heavy atom. The van der Waals surface area contributed by atoms with Gasteiger partial charge in [-0.2, -0.15) is 0 Å². The second kappa shape index (κ2) is 7.92. The quantitative estimate of drug-likeness (QED) is 0.538. The molecular formula is C19H23N5O3S. The molecule has 0 saturated carbocycles. The number of thioether (sulfide) groups is 1. The van der Waals surface area contributed by atoms with Crippen LogP contribution in [0.5, 0.6) is 0 Å². The van der Waals surface area contributed by atoms with Crippen molar-refractivity contribution < 1.29 is 14.3 Å². The number of carbonyl (C=O) groups is 2. The zero-order valence-electron chi connectivity index (χ0n) is 16.1. The lowest BCUT2D eigenvalue weighted by molar-refractivity contribution is -0.117. The largest absolute Gasteiger partial charge is 0.378 e. The van der Waals surface area contributed by atoms with Crippen LogP contribution in [0.15, 0.2) is 23.4 Å². The maximum atomic E-state index is 12.7. The molecule has 2 aliphatic rings. The van der Waals surface area contributed by atoms with Crippen LogP contribution in [0.3, 0.4) is 0 Å². The zero-order chi connectivity index (χ0) is 19.7. The molecule has 0 atom stereocenters. The van der Waals surface area contributed by atoms with Gasteiger partial charge in [0.15, 0.2) is 10.9 Å². The number of anilines is 2. The average molecular weight is 401 g/mol. The number of amides is 1. The Morgan fingerprint density at radius 1 is 1.25 bits per heavy atom. The van der Waals surface area contributed by atoms with E-state index in [1.54, 1.807) is 18.0 Å². The summed E-state index contributed by atoms with van der Waals surface area (Å²) < 4.78 is 7.44. The van der Waals surface area contributed by atoms with Gasteiger partial charge in [0, 0.05) is 37.9 Å². The zero-order valence-corrected chi connectivity index (χ0v) is 16.9. The predicted molar refractivity (Wildman–Crippen MR) is 107 cm³/mol. The second-order valence-corrected chi connectivity index (χ2v) is 7.75. The molecule has 2 aliphatic heterocycles. The van der Waals surface area contributed by atoms with Crippen LogP contribution in [0.4, 0.5) is 11.6 Å². The molecule has 1 saturated heterocycles. The van der Waals surface area contributed by atoms with E-state index in [-0.39, 0.29) is 17.4 Å². The number of benzene rings is 1. The number of ether oxygens (including phenoxy) is 1. The minimum absolute atomic E-state index is 0.0216. The van der Waals surface area contributed by atoms with Gasteiger partial charge in [-0.1, -0.05) is 11.8 Å². The second-order valence-electron chi connectivity index (χ2n) is 6.81. The van der Waals surface area contributed by atoms with Gasteiger partial charge in [-0.3, -0.25) is 14.2 Å². The van der Waals surface area contributed by atoms with E-state index in [0.29, 0.717) is 25.2 Å². The summed E-state index contributed by atoms with van der Waals surface area (Å²) in [6.07, 6.45) is 0.354. The summed E-state index contributed by atoms with van der Waals surface area (Å²) in [5.74, 6) is 1.19. The summed E-state index contributed by atoms with van der Waals surface area (Å²) in [5, 5.41) is 9.37. The molecule has 0 spiro atoms. The highest BCUT2D eigenvalue weighted by Gasteiger charge is 2.25. The van der Waals surface area contributed by atoms with E-state index >= 15 is 0 Å². The molecule has 28 heavy (non-hydrogen) atoms. The van der Waals surface area contributed by atoms with E-state index in [4.69, 9.17) is 4.74 Å². The number of ketones is 1. The Kier molecular flexibility index (Phi) is 5.36. The molecule has 1 fully saturated rings. The Morgan fingerprint density at radius 2 is 2.04 bits per heavy atom. The van der Waals surface area contributed by atoms with Crippen molar-refractivity contribution in [3.8, 4) is 0 Å². The van der Waals surface area contributed by atoms with Crippen molar-refractivity contribution in [2.24, 2.45) is 0 Å². The van der Waals surface area contributed by atoms with Gasteiger partial charge in [-0.05, 0) is 30.7 Å². The van der Waals surface area contributed by atoms with Crippen molar-refractivity contribution in [1.29, 1.82) is 0 Å². The average Bonchev–Trinajstić information content (AvgIpc) is 3.26. The van der Waals surface area contributed by atoms with E-state index < -0.39 is 0 Å². The predicted octanol–water partition coefficient (Wildman–Crippen LogP) is 1.63. The number of fused-ring (bicyclic) bond motifs is 1. The number of nitrogens with zero attached hydrogens (tertiary/aromatic N) is 5. The Balaban J connectivity index is 1.45. The highest BCUT2D eigenvalue weighted by molar-refractivity contribution is 7.99. The SMILES string of the molecule is CCn1c(SCC(=O)c2ccc3c(c2)CC(=O)N3C)nnc1N1CCOCC1. The first-order valence-electron chi connectivity index (χ1n) is 9.40. The monoisotopic (exact) mass is 401 g/mol. The van der Waals surface area contributed by atoms with Crippen LogP contribution in [0, 0.1) is 0 Å². The first kappa shape index (κ1) is 18.9. The van der Waals surface area contributed by atoms with Crippen molar-refractivity contribution in [1.82, 2.24) is 14.8 Å². The van der Waals surface area contributed by atoms with Crippen LogP contribution in [0.1, 0.15) is 22.8 Å². The summed E-state index contributed by atoms with van der Waals surface area (Å²) in [7, 11) is 1.76. The molecule has 148 valence electrons. The van der Waals surface area contributed by atoms with Gasteiger partial charge in [0.1, 0.15) is 0 Å². The minimum atomic E-state index is 0.0216. The highest BCUT2D eigenvalue weighted by Crippen LogP contribution is 2.29. The third-order valence-electron chi connectivity index (χ3n) is 5.12. The number of carbonyl (C=O) groups excluding carboxylic acids is 2. The number of morpholine rings is 1. The molecule has 0 radical (unpaired) electrons. The van der Waals surface area contributed by atoms with Crippen molar-refractivity contribution in [3.05, 3.63) is 29.3 Å². The fourth-order valence-corrected chi connectivity index (χ4v) is 4.41. The molecular weight excluding hydrogens is 378 g/mol. The lowest BCUT2D eigenvalue weighted by atomic mass is 10.1. The molecule has 1 aromatic heterocycles. The highest BCUT2D eigenvalue weighted by atomic mass is 32.2. The van der Waals surface area contributed by atoms with Crippen molar-refractivity contribution in [3.63, 3.8) is 0 Å². The van der Waals surface area contributed by atoms with E-state index in [9.17, 15) is 9.59 Å². The van der Waals surface area contributed by atoms with E-state index in [0.717, 1.165) is 42.0 Å². The third kappa shape index (κ3) is 3.51. The van der Waals surface area contributed by atoms with Crippen LogP contribution < -0.4 is 9.80 Å². The molecule has 0 unspecified atom stereocenters. The lowest BCUT2D eigenvalue weighted by Crippen LogP contribution is -2.38. The lowest BCUT2D eigenvalue weighted by Gasteiger charge is -2.27. The van der Waals surface area contributed by atoms with Crippen LogP contribution in [0.25, 0.3) is 0 Å². The van der Waals surface area contributed by atoms with Gasteiger partial charge in [0.2, 0.25) is 11.9 Å². The van der Waals surface area contributed by atoms with Crippen LogP contribution in [-0.4, -0.2) is 65.6 Å². The molecule has 8 nitrogen and oxygen atoms in total. The number of Topliss-reactive ketones (excluding diaryl/α,β-unsaturated/α-hetero) is 1. The summed E-state index contributed by atoms with van der Waals surface area (Å²) in [5.41, 5.74) is 2.43. The number of hydrogen-bond donors (Lipinski definition) is 0. The number of aromatic nitrogens is 3. The van der Waals surface area contributed by atoms with Gasteiger partial charge in [0.05, 0.1) is 25.4 Å². The van der Waals surface area contributed by atoms with Crippen LogP contribution >= 0.6 is 11.8 Å². The van der Waals surface area contributed by atoms with Gasteiger partial charge < -0.3 is 14.5 Å². The standard InChI is InChI=1S/C19H23N5O3S/c1-3-24-18(23-6-8-27-9-7-23)20-21-19(24)28-12-16(25)13-4-5-15-14(10-13)11-17(26)22(15)2/h4-5,10H,3,6-9,11-12H2,1-2H3. The van der Waals surface area contributed by atoms with Gasteiger partial charge in [-0.25, -0.2) is 0 Å². The van der Waals surface area contributed by atoms with Crippen molar-refractivity contribution in [2.75, 3.05) is 48.9 Å². The summed E-state index contributed by atoms with van der Waals surface area (Å²) in [6, 6.07) is 5.48. The fraction of sp³-hybridized carbons (Fsp3) is 0.474.